The first-order valence-electron chi connectivity index (χ1n) is 5.57. The lowest BCUT2D eigenvalue weighted by Gasteiger charge is -2.14. The molecular formula is C12H18N4O2. The van der Waals surface area contributed by atoms with Crippen LogP contribution in [-0.4, -0.2) is 39.0 Å². The second-order valence-electron chi connectivity index (χ2n) is 3.97. The summed E-state index contributed by atoms with van der Waals surface area (Å²) in [7, 11) is 3.84. The molecule has 0 unspecified atom stereocenters. The lowest BCUT2D eigenvalue weighted by Crippen LogP contribution is -2.36. The fourth-order valence-corrected chi connectivity index (χ4v) is 1.32. The Labute approximate surface area is 106 Å². The number of nitrogens with two attached hydrogens (primary N) is 1. The molecular weight excluding hydrogens is 232 g/mol. The van der Waals surface area contributed by atoms with Gasteiger partial charge in [0.05, 0.1) is 13.1 Å². The van der Waals surface area contributed by atoms with Crippen LogP contribution < -0.4 is 21.3 Å². The highest BCUT2D eigenvalue weighted by Crippen LogP contribution is 2.16. The van der Waals surface area contributed by atoms with E-state index in [4.69, 9.17) is 5.73 Å². The van der Waals surface area contributed by atoms with E-state index >= 15 is 0 Å². The lowest BCUT2D eigenvalue weighted by atomic mass is 10.2. The number of nitrogens with zero attached hydrogens (tertiary/aromatic N) is 1. The van der Waals surface area contributed by atoms with Crippen molar-refractivity contribution in [3.05, 3.63) is 24.3 Å². The lowest BCUT2D eigenvalue weighted by molar-refractivity contribution is -0.123. The number of benzene rings is 1. The molecule has 98 valence electrons. The van der Waals surface area contributed by atoms with Gasteiger partial charge in [0, 0.05) is 25.5 Å². The molecule has 0 aliphatic carbocycles. The van der Waals surface area contributed by atoms with Crippen LogP contribution in [0.5, 0.6) is 0 Å². The van der Waals surface area contributed by atoms with Gasteiger partial charge in [-0.2, -0.15) is 0 Å². The Bertz CT molecular complexity index is 432. The second-order valence-corrected chi connectivity index (χ2v) is 3.97. The van der Waals surface area contributed by atoms with Gasteiger partial charge in [-0.25, -0.2) is 0 Å². The fourth-order valence-electron chi connectivity index (χ4n) is 1.32. The van der Waals surface area contributed by atoms with E-state index in [2.05, 4.69) is 10.6 Å². The number of carbonyl (C=O) groups excluding carboxylic acids is 2. The minimum Gasteiger partial charge on any atom is -0.378 e. The van der Waals surface area contributed by atoms with Crippen LogP contribution >= 0.6 is 0 Å². The molecule has 4 N–H and O–H groups in total. The van der Waals surface area contributed by atoms with Crippen LogP contribution in [0.25, 0.3) is 0 Å². The van der Waals surface area contributed by atoms with E-state index in [9.17, 15) is 9.59 Å². The zero-order chi connectivity index (χ0) is 13.5. The van der Waals surface area contributed by atoms with E-state index in [1.54, 1.807) is 6.07 Å². The molecule has 0 fully saturated rings. The maximum atomic E-state index is 11.5. The summed E-state index contributed by atoms with van der Waals surface area (Å²) >= 11 is 0. The Morgan fingerprint density at radius 3 is 2.61 bits per heavy atom. The van der Waals surface area contributed by atoms with E-state index in [1.165, 1.54) is 0 Å². The molecule has 2 amide bonds. The average Bonchev–Trinajstić information content (AvgIpc) is 2.36. The highest BCUT2D eigenvalue weighted by atomic mass is 16.2. The van der Waals surface area contributed by atoms with E-state index in [-0.39, 0.29) is 24.9 Å². The summed E-state index contributed by atoms with van der Waals surface area (Å²) in [6.45, 7) is -0.203. The van der Waals surface area contributed by atoms with Crippen LogP contribution in [0.1, 0.15) is 0 Å². The van der Waals surface area contributed by atoms with Crippen molar-refractivity contribution in [2.75, 3.05) is 37.4 Å². The number of nitrogens with one attached hydrogen (secondary N) is 2. The largest absolute Gasteiger partial charge is 0.378 e. The molecule has 0 aliphatic rings. The second kappa shape index (κ2) is 6.61. The van der Waals surface area contributed by atoms with E-state index in [1.807, 2.05) is 37.2 Å². The smallest absolute Gasteiger partial charge is 0.243 e. The van der Waals surface area contributed by atoms with Crippen molar-refractivity contribution < 1.29 is 9.59 Å². The van der Waals surface area contributed by atoms with Crippen LogP contribution in [0.2, 0.25) is 0 Å². The number of amides is 2. The maximum absolute atomic E-state index is 11.5. The molecule has 0 atom stereocenters. The molecule has 0 saturated heterocycles. The highest BCUT2D eigenvalue weighted by molar-refractivity contribution is 5.95. The zero-order valence-corrected chi connectivity index (χ0v) is 10.6. The van der Waals surface area contributed by atoms with Gasteiger partial charge in [0.1, 0.15) is 0 Å². The molecule has 6 nitrogen and oxygen atoms in total. The summed E-state index contributed by atoms with van der Waals surface area (Å²) < 4.78 is 0. The van der Waals surface area contributed by atoms with Gasteiger partial charge in [-0.3, -0.25) is 9.59 Å². The first-order valence-corrected chi connectivity index (χ1v) is 5.57. The Morgan fingerprint density at radius 1 is 1.28 bits per heavy atom. The first kappa shape index (κ1) is 14.0. The highest BCUT2D eigenvalue weighted by Gasteiger charge is 2.05. The molecule has 0 spiro atoms. The molecule has 0 radical (unpaired) electrons. The Balaban J connectivity index is 2.54. The van der Waals surface area contributed by atoms with Gasteiger partial charge < -0.3 is 21.3 Å². The zero-order valence-electron chi connectivity index (χ0n) is 10.6. The number of hydrogen-bond donors (Lipinski definition) is 3. The van der Waals surface area contributed by atoms with Crippen molar-refractivity contribution in [3.8, 4) is 0 Å². The molecule has 18 heavy (non-hydrogen) atoms. The van der Waals surface area contributed by atoms with Gasteiger partial charge in [0.2, 0.25) is 11.8 Å². The number of anilines is 2. The predicted octanol–water partition coefficient (Wildman–Crippen LogP) is -0.234. The number of carbonyl (C=O) groups is 2. The quantitative estimate of drug-likeness (QED) is 0.673. The molecule has 0 saturated carbocycles. The van der Waals surface area contributed by atoms with Gasteiger partial charge in [-0.05, 0) is 18.2 Å². The molecule has 1 rings (SSSR count). The molecule has 0 heterocycles. The fraction of sp³-hybridized carbons (Fsp3) is 0.333. The predicted molar refractivity (Wildman–Crippen MR) is 71.5 cm³/mol. The average molecular weight is 250 g/mol. The summed E-state index contributed by atoms with van der Waals surface area (Å²) in [4.78, 5) is 24.4. The third-order valence-corrected chi connectivity index (χ3v) is 2.28. The normalized spacial score (nSPS) is 9.72. The molecule has 1 aromatic rings. The maximum Gasteiger partial charge on any atom is 0.243 e. The molecule has 0 aliphatic heterocycles. The van der Waals surface area contributed by atoms with Gasteiger partial charge in [0.15, 0.2) is 0 Å². The summed E-state index contributed by atoms with van der Waals surface area (Å²) in [5, 5.41) is 5.10. The Hall–Kier alpha value is -2.08. The molecule has 6 heteroatoms. The monoisotopic (exact) mass is 250 g/mol. The van der Waals surface area contributed by atoms with Crippen LogP contribution in [0.15, 0.2) is 24.3 Å². The minimum atomic E-state index is -0.354. The number of hydrogen-bond acceptors (Lipinski definition) is 4. The van der Waals surface area contributed by atoms with Gasteiger partial charge in [0.25, 0.3) is 0 Å². The van der Waals surface area contributed by atoms with Crippen LogP contribution in [0.3, 0.4) is 0 Å². The van der Waals surface area contributed by atoms with Gasteiger partial charge in [-0.1, -0.05) is 6.07 Å². The standard InChI is InChI=1S/C12H18N4O2/c1-16(2)10-5-3-4-9(6-10)15-12(18)8-14-11(17)7-13/h3-6H,7-8,13H2,1-2H3,(H,14,17)(H,15,18). The van der Waals surface area contributed by atoms with E-state index in [0.29, 0.717) is 5.69 Å². The Morgan fingerprint density at radius 2 is 2.00 bits per heavy atom. The summed E-state index contributed by atoms with van der Waals surface area (Å²) in [5.74, 6) is -0.639. The van der Waals surface area contributed by atoms with Crippen molar-refractivity contribution in [3.63, 3.8) is 0 Å². The Kier molecular flexibility index (Phi) is 5.13. The van der Waals surface area contributed by atoms with Gasteiger partial charge >= 0.3 is 0 Å². The van der Waals surface area contributed by atoms with Crippen molar-refractivity contribution in [2.24, 2.45) is 5.73 Å². The van der Waals surface area contributed by atoms with E-state index in [0.717, 1.165) is 5.69 Å². The minimum absolute atomic E-state index is 0.0811. The van der Waals surface area contributed by atoms with Crippen molar-refractivity contribution in [1.29, 1.82) is 0 Å². The molecule has 1 aromatic carbocycles. The van der Waals surface area contributed by atoms with Crippen LogP contribution in [0, 0.1) is 0 Å². The summed E-state index contributed by atoms with van der Waals surface area (Å²) in [6.07, 6.45) is 0. The SMILES string of the molecule is CN(C)c1cccc(NC(=O)CNC(=O)CN)c1. The van der Waals surface area contributed by atoms with Crippen LogP contribution in [0.4, 0.5) is 11.4 Å². The first-order chi connectivity index (χ1) is 8.52. The van der Waals surface area contributed by atoms with Crippen molar-refractivity contribution in [1.82, 2.24) is 5.32 Å². The topological polar surface area (TPSA) is 87.5 Å². The number of rotatable bonds is 5. The molecule has 0 aromatic heterocycles. The summed E-state index contributed by atoms with van der Waals surface area (Å²) in [6, 6.07) is 7.42. The third kappa shape index (κ3) is 4.42. The summed E-state index contributed by atoms with van der Waals surface area (Å²) in [5.41, 5.74) is 6.79. The van der Waals surface area contributed by atoms with E-state index < -0.39 is 0 Å². The van der Waals surface area contributed by atoms with Crippen molar-refractivity contribution >= 4 is 23.2 Å². The van der Waals surface area contributed by atoms with Crippen molar-refractivity contribution in [2.45, 2.75) is 0 Å². The van der Waals surface area contributed by atoms with Gasteiger partial charge in [-0.15, -0.1) is 0 Å². The third-order valence-electron chi connectivity index (χ3n) is 2.28. The van der Waals surface area contributed by atoms with Crippen LogP contribution in [-0.2, 0) is 9.59 Å². The molecule has 0 bridgehead atoms.